The molecule has 0 bridgehead atoms. The van der Waals surface area contributed by atoms with Crippen molar-refractivity contribution in [3.63, 3.8) is 0 Å². The standard InChI is InChI=1S/2CH3.Ce.ClH/h2*1H3;;1H/q2*-1;+3;/p-1. The molecule has 1 radical (unpaired) electrons. The average Bonchev–Trinajstić information content (AvgIpc) is 0. The fourth-order valence-corrected chi connectivity index (χ4v) is 0. The summed E-state index contributed by atoms with van der Waals surface area (Å²) in [6, 6.07) is 0. The maximum absolute atomic E-state index is 0. The summed E-state index contributed by atoms with van der Waals surface area (Å²) >= 11 is 0. The predicted octanol–water partition coefficient (Wildman–Crippen LogP) is -2.10. The van der Waals surface area contributed by atoms with Gasteiger partial charge in [0.25, 0.3) is 0 Å². The van der Waals surface area contributed by atoms with Gasteiger partial charge in [0.2, 0.25) is 0 Å². The summed E-state index contributed by atoms with van der Waals surface area (Å²) in [5, 5.41) is 0. The van der Waals surface area contributed by atoms with Gasteiger partial charge in [-0.1, -0.05) is 0 Å². The topological polar surface area (TPSA) is 0 Å². The van der Waals surface area contributed by atoms with E-state index in [-0.39, 0.29) is 69.0 Å². The van der Waals surface area contributed by atoms with Crippen LogP contribution in [0, 0.1) is 56.6 Å². The van der Waals surface area contributed by atoms with Crippen molar-refractivity contribution in [2.45, 2.75) is 0 Å². The molecule has 0 aromatic rings. The molecule has 0 saturated carbocycles. The molecule has 0 aliphatic heterocycles. The zero-order valence-corrected chi connectivity index (χ0v) is 6.77. The summed E-state index contributed by atoms with van der Waals surface area (Å²) in [7, 11) is 0. The molecule has 0 aliphatic rings. The summed E-state index contributed by atoms with van der Waals surface area (Å²) < 4.78 is 0. The molecule has 0 aromatic carbocycles. The Labute approximate surface area is 68.1 Å². The Morgan fingerprint density at radius 1 is 0.750 bits per heavy atom. The van der Waals surface area contributed by atoms with Gasteiger partial charge in [0.15, 0.2) is 0 Å². The van der Waals surface area contributed by atoms with Crippen LogP contribution in [-0.2, 0) is 0 Å². The van der Waals surface area contributed by atoms with E-state index >= 15 is 0 Å². The van der Waals surface area contributed by atoms with Crippen LogP contribution < -0.4 is 12.4 Å². The van der Waals surface area contributed by atoms with Crippen LogP contribution in [0.25, 0.3) is 0 Å². The number of hydrogen-bond donors (Lipinski definition) is 0. The zero-order valence-electron chi connectivity index (χ0n) is 2.88. The molecule has 0 amide bonds. The first-order valence-electron chi connectivity index (χ1n) is 0. The van der Waals surface area contributed by atoms with Crippen molar-refractivity contribution in [2.75, 3.05) is 0 Å². The molecule has 0 atom stereocenters. The Morgan fingerprint density at radius 3 is 0.750 bits per heavy atom. The van der Waals surface area contributed by atoms with Gasteiger partial charge in [-0.3, -0.25) is 0 Å². The van der Waals surface area contributed by atoms with Gasteiger partial charge in [-0.05, 0) is 0 Å². The molecule has 0 N–H and O–H groups in total. The van der Waals surface area contributed by atoms with Crippen molar-refractivity contribution >= 4 is 0 Å². The second-order valence-corrected chi connectivity index (χ2v) is 0. The van der Waals surface area contributed by atoms with E-state index in [0.717, 1.165) is 0 Å². The van der Waals surface area contributed by atoms with Crippen LogP contribution in [0.3, 0.4) is 0 Å². The van der Waals surface area contributed by atoms with E-state index < -0.39 is 0 Å². The SMILES string of the molecule is [CH3-].[CH3-].[Ce+3].[Cl-]. The van der Waals surface area contributed by atoms with Crippen molar-refractivity contribution in [3.8, 4) is 0 Å². The summed E-state index contributed by atoms with van der Waals surface area (Å²) in [6.45, 7) is 0. The molecule has 4 heavy (non-hydrogen) atoms. The van der Waals surface area contributed by atoms with Gasteiger partial charge in [0.1, 0.15) is 0 Å². The number of hydrogen-bond acceptors (Lipinski definition) is 0. The third-order valence-electron chi connectivity index (χ3n) is 0. The quantitative estimate of drug-likeness (QED) is 0.398. The molecule has 0 spiro atoms. The van der Waals surface area contributed by atoms with Gasteiger partial charge >= 0.3 is 41.7 Å². The maximum Gasteiger partial charge on any atom is 3.00 e. The molecule has 0 unspecified atom stereocenters. The average molecular weight is 206 g/mol. The third kappa shape index (κ3) is 9.39. The van der Waals surface area contributed by atoms with Crippen LogP contribution in [0.15, 0.2) is 0 Å². The number of halogens is 1. The summed E-state index contributed by atoms with van der Waals surface area (Å²) in [6.07, 6.45) is 0. The Hall–Kier alpha value is 1.67. The Bertz CT molecular complexity index is 6.00. The van der Waals surface area contributed by atoms with Crippen molar-refractivity contribution in [1.29, 1.82) is 0 Å². The van der Waals surface area contributed by atoms with Crippen LogP contribution in [0.2, 0.25) is 0 Å². The van der Waals surface area contributed by atoms with E-state index in [4.69, 9.17) is 0 Å². The van der Waals surface area contributed by atoms with Crippen LogP contribution in [0.4, 0.5) is 0 Å². The van der Waals surface area contributed by atoms with Crippen LogP contribution in [0.5, 0.6) is 0 Å². The molecule has 0 heterocycles. The molecule has 0 saturated heterocycles. The Kier molecular flexibility index (Phi) is 251. The largest absolute Gasteiger partial charge is 3.00 e. The van der Waals surface area contributed by atoms with E-state index in [1.54, 1.807) is 0 Å². The summed E-state index contributed by atoms with van der Waals surface area (Å²) in [5.74, 6) is 0. The summed E-state index contributed by atoms with van der Waals surface area (Å²) in [5.41, 5.74) is 0. The zero-order chi connectivity index (χ0) is 0. The van der Waals surface area contributed by atoms with Gasteiger partial charge in [-0.25, -0.2) is 0 Å². The van der Waals surface area contributed by atoms with E-state index in [1.165, 1.54) is 0 Å². The van der Waals surface area contributed by atoms with E-state index in [9.17, 15) is 0 Å². The van der Waals surface area contributed by atoms with Gasteiger partial charge < -0.3 is 27.3 Å². The first-order valence-corrected chi connectivity index (χ1v) is 0. The van der Waals surface area contributed by atoms with Crippen molar-refractivity contribution in [3.05, 3.63) is 14.9 Å². The van der Waals surface area contributed by atoms with Gasteiger partial charge in [-0.15, -0.1) is 0 Å². The first-order chi connectivity index (χ1) is 0. The van der Waals surface area contributed by atoms with Crippen molar-refractivity contribution in [1.82, 2.24) is 0 Å². The van der Waals surface area contributed by atoms with Gasteiger partial charge in [0.05, 0.1) is 0 Å². The molecule has 0 fully saturated rings. The Balaban J connectivity index is 0. The minimum absolute atomic E-state index is 0. The molecule has 0 aliphatic carbocycles. The molecule has 2 heteroatoms. The van der Waals surface area contributed by atoms with Gasteiger partial charge in [0, 0.05) is 0 Å². The van der Waals surface area contributed by atoms with Crippen molar-refractivity contribution in [2.24, 2.45) is 0 Å². The first kappa shape index (κ1) is 44.4. The van der Waals surface area contributed by atoms with Crippen LogP contribution in [0.1, 0.15) is 0 Å². The molecule has 0 nitrogen and oxygen atoms in total. The van der Waals surface area contributed by atoms with Crippen LogP contribution in [-0.4, -0.2) is 0 Å². The van der Waals surface area contributed by atoms with E-state index in [1.807, 2.05) is 0 Å². The van der Waals surface area contributed by atoms with Crippen molar-refractivity contribution < 1.29 is 54.2 Å². The van der Waals surface area contributed by atoms with Gasteiger partial charge in [-0.2, -0.15) is 0 Å². The molecule has 0 aromatic heterocycles. The normalized spacial score (nSPS) is 0. The second-order valence-electron chi connectivity index (χ2n) is 0. The fraction of sp³-hybridized carbons (Fsp3) is 0. The van der Waals surface area contributed by atoms with E-state index in [0.29, 0.717) is 0 Å². The monoisotopic (exact) mass is 205 g/mol. The minimum atomic E-state index is 0. The molecule has 0 rings (SSSR count). The molecular weight excluding hydrogens is 200 g/mol. The predicted molar refractivity (Wildman–Crippen MR) is 12.8 cm³/mol. The second kappa shape index (κ2) is 22.6. The molecular formula is C2H6CeCl. The fourth-order valence-electron chi connectivity index (χ4n) is 0. The third-order valence-corrected chi connectivity index (χ3v) is 0. The summed E-state index contributed by atoms with van der Waals surface area (Å²) in [4.78, 5) is 0. The van der Waals surface area contributed by atoms with Crippen LogP contribution >= 0.6 is 0 Å². The van der Waals surface area contributed by atoms with E-state index in [2.05, 4.69) is 0 Å². The smallest absolute Gasteiger partial charge is 1.00 e. The number of rotatable bonds is 0. The molecule has 25 valence electrons. The minimum Gasteiger partial charge on any atom is -1.00 e. The Morgan fingerprint density at radius 2 is 0.750 bits per heavy atom. The maximum atomic E-state index is 0.